The van der Waals surface area contributed by atoms with E-state index in [1.54, 1.807) is 24.4 Å². The number of aliphatic imine (C=N–C) groups is 1. The maximum atomic E-state index is 3.69. The molecule has 0 aromatic heterocycles. The Bertz CT molecular complexity index is 36.5. The molecule has 0 saturated heterocycles. The first-order valence-electron chi connectivity index (χ1n) is 4.35. The van der Waals surface area contributed by atoms with Gasteiger partial charge in [-0.15, -0.1) is 11.8 Å². The van der Waals surface area contributed by atoms with Crippen LogP contribution in [0.1, 0.15) is 41.5 Å². The third kappa shape index (κ3) is 158. The van der Waals surface area contributed by atoms with E-state index in [4.69, 9.17) is 0 Å². The molecule has 0 N–H and O–H groups in total. The second-order valence-corrected chi connectivity index (χ2v) is 1.28. The van der Waals surface area contributed by atoms with Crippen molar-refractivity contribution in [2.24, 2.45) is 4.99 Å². The number of rotatable bonds is 1. The highest BCUT2D eigenvalue weighted by Crippen LogP contribution is 1.78. The Balaban J connectivity index is -0.0000000350. The Morgan fingerprint density at radius 2 is 1.18 bits per heavy atom. The summed E-state index contributed by atoms with van der Waals surface area (Å²) in [4.78, 5) is 3.69. The highest BCUT2D eigenvalue weighted by Gasteiger charge is 1.52. The lowest BCUT2D eigenvalue weighted by molar-refractivity contribution is 1.49. The molecule has 0 atom stereocenters. The summed E-state index contributed by atoms with van der Waals surface area (Å²) in [5.74, 6) is 0. The zero-order valence-corrected chi connectivity index (χ0v) is 10.2. The van der Waals surface area contributed by atoms with Gasteiger partial charge >= 0.3 is 0 Å². The molecule has 0 bridgehead atoms. The zero-order valence-electron chi connectivity index (χ0n) is 9.43. The van der Waals surface area contributed by atoms with E-state index in [2.05, 4.69) is 4.99 Å². The van der Waals surface area contributed by atoms with Gasteiger partial charge in [0.25, 0.3) is 0 Å². The molecule has 2 heteroatoms. The lowest BCUT2D eigenvalue weighted by Gasteiger charge is -1.66. The fourth-order valence-corrected chi connectivity index (χ4v) is 0.316. The summed E-state index contributed by atoms with van der Waals surface area (Å²) in [5, 5.41) is 0. The number of hydrogen-bond donors (Lipinski definition) is 0. The van der Waals surface area contributed by atoms with Crippen LogP contribution in [0.4, 0.5) is 0 Å². The molecule has 0 radical (unpaired) electrons. The van der Waals surface area contributed by atoms with Crippen LogP contribution in [-0.2, 0) is 0 Å². The minimum Gasteiger partial charge on any atom is -0.290 e. The molecule has 0 fully saturated rings. The van der Waals surface area contributed by atoms with Crippen molar-refractivity contribution >= 4 is 17.3 Å². The Morgan fingerprint density at radius 3 is 1.18 bits per heavy atom. The van der Waals surface area contributed by atoms with E-state index < -0.39 is 0 Å². The van der Waals surface area contributed by atoms with Crippen molar-refractivity contribution in [3.63, 3.8) is 0 Å². The summed E-state index contributed by atoms with van der Waals surface area (Å²) >= 11 is 1.61. The predicted molar refractivity (Wildman–Crippen MR) is 62.0 cm³/mol. The average molecular weight is 179 g/mol. The van der Waals surface area contributed by atoms with Crippen LogP contribution in [0.15, 0.2) is 4.99 Å². The van der Waals surface area contributed by atoms with Crippen LogP contribution < -0.4 is 0 Å². The molecule has 11 heavy (non-hydrogen) atoms. The third-order valence-corrected chi connectivity index (χ3v) is 0.632. The number of hydrogen-bond acceptors (Lipinski definition) is 2. The van der Waals surface area contributed by atoms with E-state index in [1.165, 1.54) is 0 Å². The standard InChI is InChI=1S/C3H7NS.3C2H6/c1-4-3-5-2;3*1-2/h3H,1-2H3;3*1-2H3. The first-order chi connectivity index (χ1) is 5.41. The normalized spacial score (nSPS) is 6.18. The molecule has 0 rings (SSSR count). The van der Waals surface area contributed by atoms with Crippen molar-refractivity contribution in [3.8, 4) is 0 Å². The number of thioether (sulfide) groups is 1. The van der Waals surface area contributed by atoms with Gasteiger partial charge in [0.2, 0.25) is 0 Å². The Kier molecular flexibility index (Phi) is 182. The summed E-state index contributed by atoms with van der Waals surface area (Å²) < 4.78 is 0. The SMILES string of the molecule is CC.CC.CC.CN=CSC. The van der Waals surface area contributed by atoms with Gasteiger partial charge in [0.05, 0.1) is 5.55 Å². The van der Waals surface area contributed by atoms with Gasteiger partial charge in [-0.2, -0.15) is 0 Å². The molecular formula is C9H25NS. The molecule has 0 aliphatic heterocycles. The average Bonchev–Trinajstić information content (AvgIpc) is 2.16. The van der Waals surface area contributed by atoms with Crippen LogP contribution in [0.25, 0.3) is 0 Å². The first kappa shape index (κ1) is 22.5. The summed E-state index contributed by atoms with van der Waals surface area (Å²) in [5.41, 5.74) is 1.79. The molecule has 0 spiro atoms. The van der Waals surface area contributed by atoms with Crippen LogP contribution in [0, 0.1) is 0 Å². The van der Waals surface area contributed by atoms with Gasteiger partial charge in [-0.05, 0) is 6.26 Å². The number of nitrogens with zero attached hydrogens (tertiary/aromatic N) is 1. The fraction of sp³-hybridized carbons (Fsp3) is 0.889. The zero-order chi connectivity index (χ0) is 10.1. The van der Waals surface area contributed by atoms with E-state index in [0.717, 1.165) is 0 Å². The maximum Gasteiger partial charge on any atom is 0.0534 e. The monoisotopic (exact) mass is 179 g/mol. The lowest BCUT2D eigenvalue weighted by Crippen LogP contribution is -1.52. The predicted octanol–water partition coefficient (Wildman–Crippen LogP) is 4.09. The van der Waals surface area contributed by atoms with E-state index in [-0.39, 0.29) is 0 Å². The van der Waals surface area contributed by atoms with E-state index >= 15 is 0 Å². The van der Waals surface area contributed by atoms with Crippen molar-refractivity contribution in [3.05, 3.63) is 0 Å². The molecule has 0 saturated carbocycles. The van der Waals surface area contributed by atoms with Crippen LogP contribution >= 0.6 is 11.8 Å². The molecule has 0 aromatic carbocycles. The fourth-order valence-electron chi connectivity index (χ4n) is 0.105. The topological polar surface area (TPSA) is 12.4 Å². The van der Waals surface area contributed by atoms with Gasteiger partial charge in [0, 0.05) is 7.05 Å². The molecule has 0 unspecified atom stereocenters. The smallest absolute Gasteiger partial charge is 0.0534 e. The van der Waals surface area contributed by atoms with Crippen LogP contribution in [0.3, 0.4) is 0 Å². The Morgan fingerprint density at radius 1 is 0.909 bits per heavy atom. The summed E-state index contributed by atoms with van der Waals surface area (Å²) in [6, 6.07) is 0. The summed E-state index contributed by atoms with van der Waals surface area (Å²) in [6.07, 6.45) is 1.98. The molecular weight excluding hydrogens is 154 g/mol. The van der Waals surface area contributed by atoms with E-state index in [1.807, 2.05) is 47.8 Å². The van der Waals surface area contributed by atoms with Gasteiger partial charge in [-0.1, -0.05) is 41.5 Å². The second kappa shape index (κ2) is 89.4. The molecule has 72 valence electrons. The Labute approximate surface area is 77.7 Å². The van der Waals surface area contributed by atoms with Gasteiger partial charge in [-0.3, -0.25) is 4.99 Å². The van der Waals surface area contributed by atoms with E-state index in [9.17, 15) is 0 Å². The summed E-state index contributed by atoms with van der Waals surface area (Å²) in [7, 11) is 1.76. The minimum absolute atomic E-state index is 1.61. The third-order valence-electron chi connectivity index (χ3n) is 0.211. The van der Waals surface area contributed by atoms with Gasteiger partial charge in [0.15, 0.2) is 0 Å². The van der Waals surface area contributed by atoms with Gasteiger partial charge in [0.1, 0.15) is 0 Å². The van der Waals surface area contributed by atoms with Crippen LogP contribution in [0.5, 0.6) is 0 Å². The minimum atomic E-state index is 1.61. The van der Waals surface area contributed by atoms with Gasteiger partial charge in [-0.25, -0.2) is 0 Å². The first-order valence-corrected chi connectivity index (χ1v) is 5.64. The summed E-state index contributed by atoms with van der Waals surface area (Å²) in [6.45, 7) is 12.0. The van der Waals surface area contributed by atoms with Crippen LogP contribution in [0.2, 0.25) is 0 Å². The van der Waals surface area contributed by atoms with Crippen molar-refractivity contribution in [1.29, 1.82) is 0 Å². The molecule has 1 nitrogen and oxygen atoms in total. The van der Waals surface area contributed by atoms with Crippen molar-refractivity contribution in [2.75, 3.05) is 13.3 Å². The maximum absolute atomic E-state index is 3.69. The molecule has 0 aromatic rings. The van der Waals surface area contributed by atoms with Gasteiger partial charge < -0.3 is 0 Å². The largest absolute Gasteiger partial charge is 0.290 e. The quantitative estimate of drug-likeness (QED) is 0.436. The van der Waals surface area contributed by atoms with Crippen LogP contribution in [-0.4, -0.2) is 18.9 Å². The highest BCUT2D eigenvalue weighted by atomic mass is 32.2. The Hall–Kier alpha value is 0.0200. The van der Waals surface area contributed by atoms with Crippen molar-refractivity contribution < 1.29 is 0 Å². The molecule has 0 heterocycles. The molecule has 0 aliphatic carbocycles. The molecule has 0 amide bonds. The lowest BCUT2D eigenvalue weighted by atomic mass is 11.0. The second-order valence-electron chi connectivity index (χ2n) is 0.599. The van der Waals surface area contributed by atoms with Crippen molar-refractivity contribution in [1.82, 2.24) is 0 Å². The molecule has 0 aliphatic rings. The van der Waals surface area contributed by atoms with Crippen molar-refractivity contribution in [2.45, 2.75) is 41.5 Å². The van der Waals surface area contributed by atoms with E-state index in [0.29, 0.717) is 0 Å². The highest BCUT2D eigenvalue weighted by molar-refractivity contribution is 8.11.